The van der Waals surface area contributed by atoms with Gasteiger partial charge in [-0.3, -0.25) is 4.79 Å². The van der Waals surface area contributed by atoms with Gasteiger partial charge in [0, 0.05) is 23.1 Å². The highest BCUT2D eigenvalue weighted by Gasteiger charge is 2.25. The van der Waals surface area contributed by atoms with Gasteiger partial charge >= 0.3 is 0 Å². The van der Waals surface area contributed by atoms with E-state index in [2.05, 4.69) is 22.9 Å². The summed E-state index contributed by atoms with van der Waals surface area (Å²) < 4.78 is 0.769. The molecule has 0 N–H and O–H groups in total. The predicted octanol–water partition coefficient (Wildman–Crippen LogP) is 4.75. The molecule has 0 spiro atoms. The lowest BCUT2D eigenvalue weighted by atomic mass is 9.86. The van der Waals surface area contributed by atoms with Crippen LogP contribution in [0.2, 0.25) is 5.02 Å². The molecule has 1 saturated carbocycles. The number of benzene rings is 1. The lowest BCUT2D eigenvalue weighted by Crippen LogP contribution is -2.39. The molecule has 1 aliphatic rings. The summed E-state index contributed by atoms with van der Waals surface area (Å²) in [6, 6.07) is 5.72. The van der Waals surface area contributed by atoms with E-state index in [1.807, 2.05) is 11.9 Å². The van der Waals surface area contributed by atoms with Crippen molar-refractivity contribution < 1.29 is 4.79 Å². The van der Waals surface area contributed by atoms with Crippen molar-refractivity contribution in [2.24, 2.45) is 5.92 Å². The minimum Gasteiger partial charge on any atom is -0.339 e. The molecule has 1 aromatic carbocycles. The zero-order valence-corrected chi connectivity index (χ0v) is 13.7. The Morgan fingerprint density at radius 1 is 1.32 bits per heavy atom. The van der Waals surface area contributed by atoms with E-state index in [1.54, 1.807) is 18.2 Å². The zero-order valence-electron chi connectivity index (χ0n) is 11.3. The van der Waals surface area contributed by atoms with Crippen LogP contribution < -0.4 is 0 Å². The molecule has 1 fully saturated rings. The first-order valence-corrected chi connectivity index (χ1v) is 7.88. The van der Waals surface area contributed by atoms with Crippen LogP contribution >= 0.6 is 27.5 Å². The highest BCUT2D eigenvalue weighted by Crippen LogP contribution is 2.28. The van der Waals surface area contributed by atoms with E-state index >= 15 is 0 Å². The van der Waals surface area contributed by atoms with E-state index < -0.39 is 0 Å². The van der Waals surface area contributed by atoms with Gasteiger partial charge in [-0.05, 0) is 65.7 Å². The Kier molecular flexibility index (Phi) is 4.91. The third-order valence-corrected chi connectivity index (χ3v) is 5.23. The summed E-state index contributed by atoms with van der Waals surface area (Å²) in [5, 5.41) is 0.630. The van der Waals surface area contributed by atoms with Gasteiger partial charge in [-0.25, -0.2) is 0 Å². The fraction of sp³-hybridized carbons (Fsp3) is 0.533. The Hall–Kier alpha value is -0.540. The summed E-state index contributed by atoms with van der Waals surface area (Å²) in [5.74, 6) is 0.876. The van der Waals surface area contributed by atoms with E-state index in [0.717, 1.165) is 23.2 Å². The van der Waals surface area contributed by atoms with Crippen molar-refractivity contribution in [3.63, 3.8) is 0 Å². The minimum absolute atomic E-state index is 0.0805. The average Bonchev–Trinajstić information content (AvgIpc) is 2.41. The number of hydrogen-bond donors (Lipinski definition) is 0. The van der Waals surface area contributed by atoms with Gasteiger partial charge in [0.05, 0.1) is 5.02 Å². The molecular formula is C15H19BrClNO. The van der Waals surface area contributed by atoms with Crippen molar-refractivity contribution >= 4 is 33.4 Å². The minimum atomic E-state index is 0.0805. The molecule has 1 amide bonds. The fourth-order valence-corrected chi connectivity index (χ4v) is 3.12. The Balaban J connectivity index is 2.08. The number of carbonyl (C=O) groups excluding carboxylic acids is 1. The monoisotopic (exact) mass is 343 g/mol. The van der Waals surface area contributed by atoms with Gasteiger partial charge in [0.2, 0.25) is 0 Å². The largest absolute Gasteiger partial charge is 0.339 e. The van der Waals surface area contributed by atoms with Crippen molar-refractivity contribution in [3.8, 4) is 0 Å². The quantitative estimate of drug-likeness (QED) is 0.758. The first-order valence-electron chi connectivity index (χ1n) is 6.71. The zero-order chi connectivity index (χ0) is 14.0. The maximum absolute atomic E-state index is 12.5. The summed E-state index contributed by atoms with van der Waals surface area (Å²) in [4.78, 5) is 14.3. The molecule has 0 aliphatic heterocycles. The maximum Gasteiger partial charge on any atom is 0.253 e. The van der Waals surface area contributed by atoms with Gasteiger partial charge in [-0.1, -0.05) is 18.5 Å². The van der Waals surface area contributed by atoms with E-state index in [-0.39, 0.29) is 5.91 Å². The lowest BCUT2D eigenvalue weighted by Gasteiger charge is -2.33. The van der Waals surface area contributed by atoms with Crippen molar-refractivity contribution in [3.05, 3.63) is 33.3 Å². The molecule has 104 valence electrons. The molecule has 0 bridgehead atoms. The van der Waals surface area contributed by atoms with Gasteiger partial charge in [-0.2, -0.15) is 0 Å². The van der Waals surface area contributed by atoms with Crippen molar-refractivity contribution in [2.75, 3.05) is 7.05 Å². The second-order valence-corrected chi connectivity index (χ2v) is 6.72. The number of halogens is 2. The molecular weight excluding hydrogens is 326 g/mol. The highest BCUT2D eigenvalue weighted by atomic mass is 79.9. The smallest absolute Gasteiger partial charge is 0.253 e. The van der Waals surface area contributed by atoms with Crippen molar-refractivity contribution in [1.29, 1.82) is 0 Å². The van der Waals surface area contributed by atoms with Crippen LogP contribution in [0.4, 0.5) is 0 Å². The van der Waals surface area contributed by atoms with Gasteiger partial charge < -0.3 is 4.90 Å². The van der Waals surface area contributed by atoms with E-state index in [1.165, 1.54) is 12.8 Å². The number of rotatable bonds is 2. The van der Waals surface area contributed by atoms with Crippen LogP contribution in [0.25, 0.3) is 0 Å². The molecule has 0 atom stereocenters. The predicted molar refractivity (Wildman–Crippen MR) is 82.7 cm³/mol. The van der Waals surface area contributed by atoms with Crippen LogP contribution in [0, 0.1) is 5.92 Å². The standard InChI is InChI=1S/C15H19BrClNO/c1-10-3-6-12(7-4-10)18(2)15(19)11-5-8-14(17)13(16)9-11/h5,8-10,12H,3-4,6-7H2,1-2H3. The topological polar surface area (TPSA) is 20.3 Å². The van der Waals surface area contributed by atoms with Crippen molar-refractivity contribution in [1.82, 2.24) is 4.90 Å². The maximum atomic E-state index is 12.5. The molecule has 0 radical (unpaired) electrons. The van der Waals surface area contributed by atoms with Gasteiger partial charge in [0.1, 0.15) is 0 Å². The van der Waals surface area contributed by atoms with Crippen LogP contribution in [0.15, 0.2) is 22.7 Å². The molecule has 4 heteroatoms. The first kappa shape index (κ1) is 14.9. The van der Waals surface area contributed by atoms with Crippen LogP contribution in [0.3, 0.4) is 0 Å². The van der Waals surface area contributed by atoms with E-state index in [0.29, 0.717) is 16.6 Å². The van der Waals surface area contributed by atoms with Gasteiger partial charge in [-0.15, -0.1) is 0 Å². The van der Waals surface area contributed by atoms with Gasteiger partial charge in [0.25, 0.3) is 5.91 Å². The second-order valence-electron chi connectivity index (χ2n) is 5.46. The average molecular weight is 345 g/mol. The van der Waals surface area contributed by atoms with E-state index in [9.17, 15) is 4.79 Å². The lowest BCUT2D eigenvalue weighted by molar-refractivity contribution is 0.0679. The van der Waals surface area contributed by atoms with Crippen LogP contribution in [-0.2, 0) is 0 Å². The fourth-order valence-electron chi connectivity index (χ4n) is 2.63. The Labute approximate surface area is 128 Å². The van der Waals surface area contributed by atoms with Gasteiger partial charge in [0.15, 0.2) is 0 Å². The summed E-state index contributed by atoms with van der Waals surface area (Å²) >= 11 is 9.32. The molecule has 0 heterocycles. The van der Waals surface area contributed by atoms with Crippen molar-refractivity contribution in [2.45, 2.75) is 38.6 Å². The summed E-state index contributed by atoms with van der Waals surface area (Å²) in [6.07, 6.45) is 4.65. The molecule has 0 unspecified atom stereocenters. The number of nitrogens with zero attached hydrogens (tertiary/aromatic N) is 1. The molecule has 19 heavy (non-hydrogen) atoms. The number of amides is 1. The summed E-state index contributed by atoms with van der Waals surface area (Å²) in [6.45, 7) is 2.29. The van der Waals surface area contributed by atoms with Crippen LogP contribution in [0.1, 0.15) is 43.0 Å². The van der Waals surface area contributed by atoms with Crippen LogP contribution in [-0.4, -0.2) is 23.9 Å². The summed E-state index contributed by atoms with van der Waals surface area (Å²) in [5.41, 5.74) is 0.692. The number of hydrogen-bond acceptors (Lipinski definition) is 1. The number of carbonyl (C=O) groups is 1. The highest BCUT2D eigenvalue weighted by molar-refractivity contribution is 9.10. The molecule has 1 aromatic rings. The normalized spacial score (nSPS) is 23.2. The SMILES string of the molecule is CC1CCC(N(C)C(=O)c2ccc(Cl)c(Br)c2)CC1. The molecule has 1 aliphatic carbocycles. The Bertz CT molecular complexity index is 469. The second kappa shape index (κ2) is 6.27. The third-order valence-electron chi connectivity index (χ3n) is 4.02. The third kappa shape index (κ3) is 3.51. The van der Waals surface area contributed by atoms with Crippen LogP contribution in [0.5, 0.6) is 0 Å². The summed E-state index contributed by atoms with van der Waals surface area (Å²) in [7, 11) is 1.91. The molecule has 0 saturated heterocycles. The molecule has 0 aromatic heterocycles. The Morgan fingerprint density at radius 3 is 2.53 bits per heavy atom. The van der Waals surface area contributed by atoms with E-state index in [4.69, 9.17) is 11.6 Å². The molecule has 2 rings (SSSR count). The first-order chi connectivity index (χ1) is 8.99. The Morgan fingerprint density at radius 2 is 1.95 bits per heavy atom. The molecule has 2 nitrogen and oxygen atoms in total.